The van der Waals surface area contributed by atoms with Gasteiger partial charge in [-0.15, -0.1) is 0 Å². The Morgan fingerprint density at radius 2 is 1.32 bits per heavy atom. The van der Waals surface area contributed by atoms with Crippen molar-refractivity contribution in [2.24, 2.45) is 0 Å². The van der Waals surface area contributed by atoms with Gasteiger partial charge in [-0.2, -0.15) is 5.06 Å². The summed E-state index contributed by atoms with van der Waals surface area (Å²) in [5.41, 5.74) is 2.65. The van der Waals surface area contributed by atoms with Crippen molar-refractivity contribution in [2.75, 3.05) is 32.7 Å². The first kappa shape index (κ1) is 15.2. The second kappa shape index (κ2) is 8.08. The number of nitrogens with zero attached hydrogens (tertiary/aromatic N) is 2. The highest BCUT2D eigenvalue weighted by Crippen LogP contribution is 2.08. The van der Waals surface area contributed by atoms with E-state index in [0.717, 1.165) is 39.1 Å². The van der Waals surface area contributed by atoms with Crippen molar-refractivity contribution < 1.29 is 4.84 Å². The molecule has 1 heterocycles. The number of rotatable bonds is 6. The normalized spacial score (nSPS) is 16.7. The van der Waals surface area contributed by atoms with Crippen molar-refractivity contribution in [3.05, 3.63) is 71.8 Å². The van der Waals surface area contributed by atoms with Crippen LogP contribution in [-0.4, -0.2) is 42.7 Å². The third-order valence-corrected chi connectivity index (χ3v) is 4.15. The number of hydroxylamine groups is 2. The molecule has 2 aromatic carbocycles. The number of hydrogen-bond donors (Lipinski definition) is 0. The third-order valence-electron chi connectivity index (χ3n) is 4.15. The van der Waals surface area contributed by atoms with Crippen molar-refractivity contribution in [2.45, 2.75) is 13.0 Å². The minimum absolute atomic E-state index is 0.671. The first-order chi connectivity index (χ1) is 10.9. The molecule has 116 valence electrons. The second-order valence-electron chi connectivity index (χ2n) is 5.77. The Labute approximate surface area is 133 Å². The summed E-state index contributed by atoms with van der Waals surface area (Å²) in [6.45, 7) is 5.95. The molecule has 1 aliphatic heterocycles. The highest BCUT2D eigenvalue weighted by Gasteiger charge is 2.17. The molecule has 1 fully saturated rings. The minimum Gasteiger partial charge on any atom is -0.300 e. The van der Waals surface area contributed by atoms with Crippen LogP contribution in [0, 0.1) is 0 Å². The van der Waals surface area contributed by atoms with Gasteiger partial charge in [-0.25, -0.2) is 0 Å². The molecular formula is C19H24N2O. The summed E-state index contributed by atoms with van der Waals surface area (Å²) in [5.74, 6) is 0. The average molecular weight is 296 g/mol. The van der Waals surface area contributed by atoms with Gasteiger partial charge in [-0.3, -0.25) is 4.84 Å². The van der Waals surface area contributed by atoms with Gasteiger partial charge in [0.2, 0.25) is 0 Å². The summed E-state index contributed by atoms with van der Waals surface area (Å²) in [4.78, 5) is 8.41. The summed E-state index contributed by atoms with van der Waals surface area (Å²) >= 11 is 0. The minimum atomic E-state index is 0.671. The number of piperazine rings is 1. The van der Waals surface area contributed by atoms with Crippen molar-refractivity contribution in [3.63, 3.8) is 0 Å². The van der Waals surface area contributed by atoms with Gasteiger partial charge in [0.05, 0.1) is 6.61 Å². The van der Waals surface area contributed by atoms with E-state index in [9.17, 15) is 0 Å². The van der Waals surface area contributed by atoms with E-state index in [2.05, 4.69) is 64.6 Å². The molecule has 22 heavy (non-hydrogen) atoms. The van der Waals surface area contributed by atoms with Gasteiger partial charge in [0.15, 0.2) is 0 Å². The quantitative estimate of drug-likeness (QED) is 0.815. The van der Waals surface area contributed by atoms with Crippen molar-refractivity contribution in [1.29, 1.82) is 0 Å². The molecule has 0 amide bonds. The van der Waals surface area contributed by atoms with E-state index in [0.29, 0.717) is 6.61 Å². The molecule has 0 unspecified atom stereocenters. The second-order valence-corrected chi connectivity index (χ2v) is 5.77. The molecule has 2 aromatic rings. The molecule has 3 nitrogen and oxygen atoms in total. The molecule has 0 radical (unpaired) electrons. The van der Waals surface area contributed by atoms with Crippen LogP contribution in [0.2, 0.25) is 0 Å². The highest BCUT2D eigenvalue weighted by molar-refractivity contribution is 5.15. The Morgan fingerprint density at radius 3 is 1.95 bits per heavy atom. The van der Waals surface area contributed by atoms with Gasteiger partial charge in [-0.05, 0) is 17.5 Å². The topological polar surface area (TPSA) is 15.7 Å². The molecule has 3 heteroatoms. The van der Waals surface area contributed by atoms with Crippen LogP contribution in [0.3, 0.4) is 0 Å². The van der Waals surface area contributed by atoms with Crippen LogP contribution < -0.4 is 0 Å². The van der Waals surface area contributed by atoms with Crippen LogP contribution in [0.25, 0.3) is 0 Å². The maximum absolute atomic E-state index is 5.89. The van der Waals surface area contributed by atoms with Gasteiger partial charge in [0.25, 0.3) is 0 Å². The molecule has 1 aliphatic rings. The Morgan fingerprint density at radius 1 is 0.727 bits per heavy atom. The zero-order chi connectivity index (χ0) is 15.0. The van der Waals surface area contributed by atoms with Crippen molar-refractivity contribution in [1.82, 2.24) is 9.96 Å². The van der Waals surface area contributed by atoms with Crippen LogP contribution in [0.1, 0.15) is 11.1 Å². The van der Waals surface area contributed by atoms with Crippen LogP contribution in [0.4, 0.5) is 0 Å². The summed E-state index contributed by atoms with van der Waals surface area (Å²) in [6, 6.07) is 21.1. The average Bonchev–Trinajstić information content (AvgIpc) is 2.61. The van der Waals surface area contributed by atoms with Gasteiger partial charge in [0.1, 0.15) is 0 Å². The molecule has 0 aromatic heterocycles. The SMILES string of the molecule is c1ccc(CCN2CCN(OCc3ccccc3)CC2)cc1. The van der Waals surface area contributed by atoms with E-state index in [1.807, 2.05) is 6.07 Å². The van der Waals surface area contributed by atoms with Crippen molar-refractivity contribution >= 4 is 0 Å². The molecule has 0 N–H and O–H groups in total. The van der Waals surface area contributed by atoms with Crippen LogP contribution in [-0.2, 0) is 17.9 Å². The lowest BCUT2D eigenvalue weighted by Crippen LogP contribution is -2.46. The monoisotopic (exact) mass is 296 g/mol. The lowest BCUT2D eigenvalue weighted by atomic mass is 10.1. The van der Waals surface area contributed by atoms with Crippen LogP contribution in [0.5, 0.6) is 0 Å². The zero-order valence-electron chi connectivity index (χ0n) is 13.0. The summed E-state index contributed by atoms with van der Waals surface area (Å²) in [6.07, 6.45) is 1.13. The molecular weight excluding hydrogens is 272 g/mol. The Kier molecular flexibility index (Phi) is 5.59. The number of hydrogen-bond acceptors (Lipinski definition) is 3. The fourth-order valence-electron chi connectivity index (χ4n) is 2.75. The largest absolute Gasteiger partial charge is 0.300 e. The highest BCUT2D eigenvalue weighted by atomic mass is 16.7. The molecule has 0 spiro atoms. The molecule has 3 rings (SSSR count). The molecule has 0 aliphatic carbocycles. The van der Waals surface area contributed by atoms with Gasteiger partial charge < -0.3 is 4.90 Å². The summed E-state index contributed by atoms with van der Waals surface area (Å²) < 4.78 is 0. The van der Waals surface area contributed by atoms with Crippen LogP contribution in [0.15, 0.2) is 60.7 Å². The van der Waals surface area contributed by atoms with E-state index in [1.165, 1.54) is 11.1 Å². The molecule has 0 bridgehead atoms. The van der Waals surface area contributed by atoms with Gasteiger partial charge in [-0.1, -0.05) is 60.7 Å². The van der Waals surface area contributed by atoms with Gasteiger partial charge >= 0.3 is 0 Å². The third kappa shape index (κ3) is 4.67. The lowest BCUT2D eigenvalue weighted by Gasteiger charge is -2.33. The van der Waals surface area contributed by atoms with E-state index in [-0.39, 0.29) is 0 Å². The van der Waals surface area contributed by atoms with Crippen LogP contribution >= 0.6 is 0 Å². The van der Waals surface area contributed by atoms with E-state index in [1.54, 1.807) is 0 Å². The van der Waals surface area contributed by atoms with Crippen molar-refractivity contribution in [3.8, 4) is 0 Å². The lowest BCUT2D eigenvalue weighted by molar-refractivity contribution is -0.186. The maximum Gasteiger partial charge on any atom is 0.0935 e. The predicted molar refractivity (Wildman–Crippen MR) is 89.4 cm³/mol. The fraction of sp³-hybridized carbons (Fsp3) is 0.368. The Hall–Kier alpha value is -1.68. The Balaban J connectivity index is 1.35. The molecule has 1 saturated heterocycles. The van der Waals surface area contributed by atoms with E-state index >= 15 is 0 Å². The first-order valence-electron chi connectivity index (χ1n) is 8.08. The van der Waals surface area contributed by atoms with Gasteiger partial charge in [0, 0.05) is 32.7 Å². The fourth-order valence-corrected chi connectivity index (χ4v) is 2.75. The standard InChI is InChI=1S/C19H24N2O/c1-3-7-18(8-4-1)11-12-20-13-15-21(16-14-20)22-17-19-9-5-2-6-10-19/h1-10H,11-17H2. The molecule has 0 saturated carbocycles. The predicted octanol–water partition coefficient (Wildman–Crippen LogP) is 2.98. The molecule has 0 atom stereocenters. The number of benzene rings is 2. The first-order valence-corrected chi connectivity index (χ1v) is 8.08. The zero-order valence-corrected chi connectivity index (χ0v) is 13.0. The Bertz CT molecular complexity index is 484. The summed E-state index contributed by atoms with van der Waals surface area (Å²) in [7, 11) is 0. The maximum atomic E-state index is 5.89. The van der Waals surface area contributed by atoms with E-state index < -0.39 is 0 Å². The summed E-state index contributed by atoms with van der Waals surface area (Å²) in [5, 5.41) is 2.10. The smallest absolute Gasteiger partial charge is 0.0935 e. The van der Waals surface area contributed by atoms with E-state index in [4.69, 9.17) is 4.84 Å².